The first-order valence-electron chi connectivity index (χ1n) is 4.61. The SMILES string of the molecule is COc1nsnc1N1CCN(C)CC1. The van der Waals surface area contributed by atoms with Crippen molar-refractivity contribution >= 4 is 17.5 Å². The molecule has 2 rings (SSSR count). The van der Waals surface area contributed by atoms with Crippen molar-refractivity contribution in [3.63, 3.8) is 0 Å². The number of rotatable bonds is 2. The van der Waals surface area contributed by atoms with Crippen molar-refractivity contribution in [1.29, 1.82) is 0 Å². The molecule has 0 aliphatic carbocycles. The van der Waals surface area contributed by atoms with Crippen LogP contribution in [0.25, 0.3) is 0 Å². The first kappa shape index (κ1) is 9.67. The second-order valence-electron chi connectivity index (χ2n) is 3.39. The minimum Gasteiger partial charge on any atom is -0.478 e. The summed E-state index contributed by atoms with van der Waals surface area (Å²) in [5.41, 5.74) is 0. The molecule has 14 heavy (non-hydrogen) atoms. The van der Waals surface area contributed by atoms with E-state index in [0.717, 1.165) is 32.0 Å². The van der Waals surface area contributed by atoms with E-state index in [4.69, 9.17) is 4.74 Å². The Kier molecular flexibility index (Phi) is 2.83. The molecule has 0 unspecified atom stereocenters. The molecule has 6 heteroatoms. The molecular weight excluding hydrogens is 200 g/mol. The molecule has 0 amide bonds. The van der Waals surface area contributed by atoms with Crippen LogP contribution in [0.1, 0.15) is 0 Å². The number of methoxy groups -OCH3 is 1. The Bertz CT molecular complexity index is 295. The molecule has 0 aromatic carbocycles. The first-order valence-corrected chi connectivity index (χ1v) is 5.34. The predicted octanol–water partition coefficient (Wildman–Crippen LogP) is 0.298. The number of nitrogens with zero attached hydrogens (tertiary/aromatic N) is 4. The molecule has 0 radical (unpaired) electrons. The third-order valence-electron chi connectivity index (χ3n) is 2.44. The maximum absolute atomic E-state index is 5.15. The van der Waals surface area contributed by atoms with Crippen molar-refractivity contribution in [2.75, 3.05) is 45.2 Å². The average molecular weight is 214 g/mol. The molecule has 1 fully saturated rings. The zero-order chi connectivity index (χ0) is 9.97. The Morgan fingerprint density at radius 1 is 1.21 bits per heavy atom. The van der Waals surface area contributed by atoms with Crippen LogP contribution < -0.4 is 9.64 Å². The van der Waals surface area contributed by atoms with Gasteiger partial charge in [0.25, 0.3) is 5.88 Å². The monoisotopic (exact) mass is 214 g/mol. The van der Waals surface area contributed by atoms with Gasteiger partial charge in [0.05, 0.1) is 18.8 Å². The molecule has 1 aromatic rings. The lowest BCUT2D eigenvalue weighted by atomic mass is 10.3. The minimum atomic E-state index is 0.652. The molecule has 2 heterocycles. The van der Waals surface area contributed by atoms with Crippen LogP contribution in [-0.2, 0) is 0 Å². The maximum Gasteiger partial charge on any atom is 0.270 e. The van der Waals surface area contributed by atoms with Gasteiger partial charge in [-0.15, -0.1) is 4.37 Å². The highest BCUT2D eigenvalue weighted by molar-refractivity contribution is 6.99. The van der Waals surface area contributed by atoms with Gasteiger partial charge in [0, 0.05) is 26.2 Å². The van der Waals surface area contributed by atoms with E-state index in [1.165, 1.54) is 11.7 Å². The van der Waals surface area contributed by atoms with E-state index in [9.17, 15) is 0 Å². The lowest BCUT2D eigenvalue weighted by Crippen LogP contribution is -2.44. The summed E-state index contributed by atoms with van der Waals surface area (Å²) in [6.45, 7) is 4.14. The van der Waals surface area contributed by atoms with Crippen molar-refractivity contribution in [3.8, 4) is 5.88 Å². The highest BCUT2D eigenvalue weighted by atomic mass is 32.1. The molecule has 0 N–H and O–H groups in total. The summed E-state index contributed by atoms with van der Waals surface area (Å²) in [6.07, 6.45) is 0. The van der Waals surface area contributed by atoms with E-state index in [1.54, 1.807) is 7.11 Å². The quantitative estimate of drug-likeness (QED) is 0.708. The summed E-state index contributed by atoms with van der Waals surface area (Å²) in [7, 11) is 3.77. The molecule has 78 valence electrons. The Morgan fingerprint density at radius 3 is 2.57 bits per heavy atom. The van der Waals surface area contributed by atoms with Crippen molar-refractivity contribution in [2.45, 2.75) is 0 Å². The van der Waals surface area contributed by atoms with Crippen molar-refractivity contribution in [3.05, 3.63) is 0 Å². The van der Waals surface area contributed by atoms with E-state index in [1.807, 2.05) is 0 Å². The first-order chi connectivity index (χ1) is 6.81. The molecule has 0 saturated carbocycles. The number of anilines is 1. The predicted molar refractivity (Wildman–Crippen MR) is 56.2 cm³/mol. The molecule has 5 nitrogen and oxygen atoms in total. The Morgan fingerprint density at radius 2 is 1.93 bits per heavy atom. The molecule has 1 saturated heterocycles. The number of ether oxygens (including phenoxy) is 1. The highest BCUT2D eigenvalue weighted by Crippen LogP contribution is 2.25. The van der Waals surface area contributed by atoms with Crippen LogP contribution in [0.4, 0.5) is 5.82 Å². The topological polar surface area (TPSA) is 41.5 Å². The summed E-state index contributed by atoms with van der Waals surface area (Å²) in [5, 5.41) is 0. The van der Waals surface area contributed by atoms with Gasteiger partial charge in [-0.25, -0.2) is 0 Å². The largest absolute Gasteiger partial charge is 0.478 e. The number of likely N-dealkylation sites (N-methyl/N-ethyl adjacent to an activating group) is 1. The van der Waals surface area contributed by atoms with Crippen molar-refractivity contribution in [2.24, 2.45) is 0 Å². The van der Waals surface area contributed by atoms with Gasteiger partial charge in [-0.3, -0.25) is 0 Å². The van der Waals surface area contributed by atoms with Gasteiger partial charge < -0.3 is 14.5 Å². The summed E-state index contributed by atoms with van der Waals surface area (Å²) >= 11 is 1.20. The fourth-order valence-electron chi connectivity index (χ4n) is 1.52. The fraction of sp³-hybridized carbons (Fsp3) is 0.750. The van der Waals surface area contributed by atoms with E-state index in [0.29, 0.717) is 5.88 Å². The number of aromatic nitrogens is 2. The number of hydrogen-bond donors (Lipinski definition) is 0. The van der Waals surface area contributed by atoms with Gasteiger partial charge in [-0.05, 0) is 7.05 Å². The fourth-order valence-corrected chi connectivity index (χ4v) is 2.06. The van der Waals surface area contributed by atoms with Crippen LogP contribution in [0, 0.1) is 0 Å². The summed E-state index contributed by atoms with van der Waals surface area (Å²) in [6, 6.07) is 0. The lowest BCUT2D eigenvalue weighted by Gasteiger charge is -2.32. The summed E-state index contributed by atoms with van der Waals surface area (Å²) < 4.78 is 13.5. The number of piperazine rings is 1. The molecule has 1 aromatic heterocycles. The van der Waals surface area contributed by atoms with Crippen molar-refractivity contribution < 1.29 is 4.74 Å². The normalized spacial score (nSPS) is 18.6. The minimum absolute atomic E-state index is 0.652. The third kappa shape index (κ3) is 1.80. The van der Waals surface area contributed by atoms with Crippen molar-refractivity contribution in [1.82, 2.24) is 13.6 Å². The van der Waals surface area contributed by atoms with E-state index < -0.39 is 0 Å². The Balaban J connectivity index is 2.08. The molecule has 0 atom stereocenters. The van der Waals surface area contributed by atoms with Crippen LogP contribution in [-0.4, -0.2) is 54.0 Å². The zero-order valence-corrected chi connectivity index (χ0v) is 9.25. The second kappa shape index (κ2) is 4.10. The second-order valence-corrected chi connectivity index (χ2v) is 3.92. The van der Waals surface area contributed by atoms with E-state index >= 15 is 0 Å². The Hall–Kier alpha value is -0.880. The lowest BCUT2D eigenvalue weighted by molar-refractivity contribution is 0.310. The van der Waals surface area contributed by atoms with Crippen LogP contribution >= 0.6 is 11.7 Å². The smallest absolute Gasteiger partial charge is 0.270 e. The van der Waals surface area contributed by atoms with E-state index in [2.05, 4.69) is 25.6 Å². The molecular formula is C8H14N4OS. The highest BCUT2D eigenvalue weighted by Gasteiger charge is 2.20. The summed E-state index contributed by atoms with van der Waals surface area (Å²) in [4.78, 5) is 4.53. The van der Waals surface area contributed by atoms with E-state index in [-0.39, 0.29) is 0 Å². The standard InChI is InChI=1S/C8H14N4OS/c1-11-3-5-12(6-4-11)7-8(13-2)10-14-9-7/h3-6H2,1-2H3. The van der Waals surface area contributed by atoms with Crippen LogP contribution in [0.2, 0.25) is 0 Å². The molecule has 1 aliphatic rings. The van der Waals surface area contributed by atoms with Crippen LogP contribution in [0.3, 0.4) is 0 Å². The molecule has 0 bridgehead atoms. The van der Waals surface area contributed by atoms with Gasteiger partial charge in [-0.2, -0.15) is 4.37 Å². The molecule has 1 aliphatic heterocycles. The van der Waals surface area contributed by atoms with Gasteiger partial charge in [0.15, 0.2) is 0 Å². The van der Waals surface area contributed by atoms with Gasteiger partial charge in [-0.1, -0.05) is 0 Å². The Labute approximate surface area is 87.6 Å². The van der Waals surface area contributed by atoms with Crippen LogP contribution in [0.15, 0.2) is 0 Å². The average Bonchev–Trinajstić information content (AvgIpc) is 2.67. The third-order valence-corrected chi connectivity index (χ3v) is 2.94. The van der Waals surface area contributed by atoms with Gasteiger partial charge in [0.1, 0.15) is 0 Å². The number of hydrogen-bond acceptors (Lipinski definition) is 6. The summed E-state index contributed by atoms with van der Waals surface area (Å²) in [5.74, 6) is 1.55. The van der Waals surface area contributed by atoms with Gasteiger partial charge >= 0.3 is 0 Å². The van der Waals surface area contributed by atoms with Crippen LogP contribution in [0.5, 0.6) is 5.88 Å². The molecule has 0 spiro atoms. The maximum atomic E-state index is 5.15. The zero-order valence-electron chi connectivity index (χ0n) is 8.43. The van der Waals surface area contributed by atoms with Gasteiger partial charge in [0.2, 0.25) is 5.82 Å².